The van der Waals surface area contributed by atoms with E-state index in [0.717, 1.165) is 109 Å². The van der Waals surface area contributed by atoms with Crippen LogP contribution in [0.3, 0.4) is 0 Å². The first-order valence-corrected chi connectivity index (χ1v) is 48.7. The molecule has 32 nitrogen and oxygen atoms in total. The number of benzene rings is 4. The molecule has 4 aliphatic heterocycles. The zero-order chi connectivity index (χ0) is 100. The predicted octanol–water partition coefficient (Wildman–Crippen LogP) is 13.1. The van der Waals surface area contributed by atoms with E-state index in [0.29, 0.717) is 147 Å². The fourth-order valence-electron chi connectivity index (χ4n) is 19.3. The number of carbonyl (C=O) groups is 8. The van der Waals surface area contributed by atoms with Crippen LogP contribution >= 0.6 is 0 Å². The lowest BCUT2D eigenvalue weighted by Gasteiger charge is -2.46. The lowest BCUT2D eigenvalue weighted by atomic mass is 9.76. The highest BCUT2D eigenvalue weighted by Crippen LogP contribution is 2.39. The molecule has 36 heteroatoms. The fraction of sp³-hybridized carbons (Fsp3) is 0.462. The molecule has 140 heavy (non-hydrogen) atoms. The second-order valence-corrected chi connectivity index (χ2v) is 40.7. The van der Waals surface area contributed by atoms with Gasteiger partial charge in [0.15, 0.2) is 22.6 Å². The second kappa shape index (κ2) is 40.1. The number of nitrogens with two attached hydrogens (primary N) is 4. The summed E-state index contributed by atoms with van der Waals surface area (Å²) in [6.45, 7) is 32.8. The Morgan fingerprint density at radius 2 is 0.550 bits per heavy atom. The Bertz CT molecular complexity index is 6490. The van der Waals surface area contributed by atoms with Gasteiger partial charge in [-0.25, -0.2) is 55.6 Å². The van der Waals surface area contributed by atoms with Crippen LogP contribution < -0.4 is 22.9 Å². The smallest absolute Gasteiger partial charge is 0.274 e. The van der Waals surface area contributed by atoms with Gasteiger partial charge in [0.25, 0.3) is 23.6 Å². The quantitative estimate of drug-likeness (QED) is 0.0653. The van der Waals surface area contributed by atoms with Gasteiger partial charge in [0.2, 0.25) is 23.6 Å². The van der Waals surface area contributed by atoms with E-state index in [2.05, 4.69) is 95.7 Å². The van der Waals surface area contributed by atoms with Gasteiger partial charge in [0, 0.05) is 147 Å². The first-order valence-electron chi connectivity index (χ1n) is 48.7. The van der Waals surface area contributed by atoms with Crippen molar-refractivity contribution in [1.82, 2.24) is 97.6 Å². The lowest BCUT2D eigenvalue weighted by molar-refractivity contribution is -0.144. The van der Waals surface area contributed by atoms with Crippen molar-refractivity contribution in [3.63, 3.8) is 0 Å². The van der Waals surface area contributed by atoms with Crippen molar-refractivity contribution in [2.75, 3.05) is 78.5 Å². The third-order valence-corrected chi connectivity index (χ3v) is 28.1. The Morgan fingerprint density at radius 1 is 0.329 bits per heavy atom. The lowest BCUT2D eigenvalue weighted by Crippen LogP contribution is -2.65. The number of aromatic nitrogens is 12. The van der Waals surface area contributed by atoms with Gasteiger partial charge in [-0.2, -0.15) is 20.4 Å². The number of piperazine rings is 4. The Balaban J connectivity index is 0.000000135. The number of halogens is 4. The standard InChI is InChI=1S/C28H35FN6O2.C26H31FN6O2.C25H29FN6O2.C25H31FN6O2/c1-18(2)22-15-23(20-7-9-21(29)10-8-20)32-35-17-24(31-25(22)35)26(36)33-13-14-34(19(3)16-33)27(37)28(30)11-5-4-6-12-28;1-16(2)20-13-21(18-5-7-19(27)8-6-18)30-33-15-22(29-23(20)33)24(34)31-11-12-32(17(3)14-31)25(35)26(28)9-4-10-26;1-15(2)19-12-20(17-4-6-18(26)7-5-17)29-32-14-21(28-22(19)32)23(33)30-10-11-31(16(3)13-30)24(34)25(27)8-9-25;1-15(2)19-12-20(17-6-8-18(26)9-7-17)29-32-14-21(28-22(19)32)23(33)30-10-11-31(16(3)13-30)24(34)25(4,5)27/h7-10,15,17-19H,4-6,11-14,16,30H2,1-3H3;5-8,13,15-17H,4,9-12,14,28H2,1-3H3;4-7,12,14-16H,8-11,13,27H2,1-3H3;6-9,12,14-16H,10-11,13,27H2,1-5H3/t19-;17-;2*16-/m0000/s1. The Morgan fingerprint density at radius 3 is 0.750 bits per heavy atom. The topological polar surface area (TPSA) is 387 Å². The molecule has 7 fully saturated rings. The van der Waals surface area contributed by atoms with Crippen LogP contribution in [0.25, 0.3) is 67.6 Å². The zero-order valence-corrected chi connectivity index (χ0v) is 82.1. The molecule has 3 saturated carbocycles. The molecular weight excluding hydrogens is 1790 g/mol. The van der Waals surface area contributed by atoms with Crippen LogP contribution in [-0.4, -0.2) is 270 Å². The SMILES string of the molecule is CC(C)c1cc(-c2ccc(F)cc2)nn2cc(C(=O)N3CCN(C(=O)C(C)(C)N)[C@@H](C)C3)nc12.CC(C)c1cc(-c2ccc(F)cc2)nn2cc(C(=O)N3CCN(C(=O)C4(N)CC4)[C@@H](C)C3)nc12.CC(C)c1cc(-c2ccc(F)cc2)nn2cc(C(=O)N3CCN(C(=O)C4(N)CCC4)[C@@H](C)C3)nc12.CC(C)c1cc(-c2ccc(F)cc2)nn2cc(C(=O)N3CCN(C(=O)C4(N)CCCCC4)[C@@H](C)C3)nc12. The van der Waals surface area contributed by atoms with E-state index in [-0.39, 0.29) is 118 Å². The number of amides is 8. The Hall–Kier alpha value is -13.3. The van der Waals surface area contributed by atoms with Crippen molar-refractivity contribution in [3.05, 3.63) is 214 Å². The highest BCUT2D eigenvalue weighted by Gasteiger charge is 2.51. The van der Waals surface area contributed by atoms with E-state index >= 15 is 0 Å². The van der Waals surface area contributed by atoms with Crippen molar-refractivity contribution in [2.45, 2.75) is 231 Å². The Kier molecular flexibility index (Phi) is 28.6. The van der Waals surface area contributed by atoms with E-state index < -0.39 is 22.2 Å². The van der Waals surface area contributed by atoms with Crippen LogP contribution in [0.1, 0.15) is 249 Å². The summed E-state index contributed by atoms with van der Waals surface area (Å²) in [6.07, 6.45) is 15.0. The van der Waals surface area contributed by atoms with Gasteiger partial charge in [0.1, 0.15) is 46.0 Å². The summed E-state index contributed by atoms with van der Waals surface area (Å²) < 4.78 is 60.1. The van der Waals surface area contributed by atoms with E-state index in [9.17, 15) is 55.9 Å². The molecule has 4 saturated heterocycles. The average molecular weight is 1920 g/mol. The summed E-state index contributed by atoms with van der Waals surface area (Å²) in [6, 6.07) is 32.0. The van der Waals surface area contributed by atoms with Crippen LogP contribution in [-0.2, 0) is 19.2 Å². The van der Waals surface area contributed by atoms with Gasteiger partial charge in [-0.05, 0) is 231 Å². The monoisotopic (exact) mass is 1920 g/mol. The summed E-state index contributed by atoms with van der Waals surface area (Å²) in [7, 11) is 0. The normalized spacial score (nSPS) is 19.1. The molecule has 0 radical (unpaired) electrons. The second-order valence-electron chi connectivity index (χ2n) is 40.7. The molecule has 4 aromatic carbocycles. The summed E-state index contributed by atoms with van der Waals surface area (Å²) >= 11 is 0. The third kappa shape index (κ3) is 21.0. The number of hydrogen-bond acceptors (Lipinski definition) is 20. The molecule has 0 unspecified atom stereocenters. The first kappa shape index (κ1) is 99.7. The molecule has 8 amide bonds. The molecule has 0 spiro atoms. The van der Waals surface area contributed by atoms with Crippen LogP contribution in [0.5, 0.6) is 0 Å². The van der Waals surface area contributed by atoms with Gasteiger partial charge in [-0.15, -0.1) is 0 Å². The molecule has 8 aromatic heterocycles. The molecule has 738 valence electrons. The first-order chi connectivity index (χ1) is 66.4. The average Bonchev–Trinajstić information content (AvgIpc) is 0.932. The number of imidazole rings is 4. The number of fused-ring (bicyclic) bond motifs is 4. The minimum absolute atomic E-state index is 0.00447. The summed E-state index contributed by atoms with van der Waals surface area (Å²) in [5, 5.41) is 18.6. The van der Waals surface area contributed by atoms with E-state index in [1.54, 1.807) is 135 Å². The Labute approximate surface area is 811 Å². The van der Waals surface area contributed by atoms with Gasteiger partial charge >= 0.3 is 0 Å². The number of nitrogens with zero attached hydrogens (tertiary/aromatic N) is 20. The summed E-state index contributed by atoms with van der Waals surface area (Å²) in [5.74, 6) is -1.52. The minimum atomic E-state index is -0.955. The maximum absolute atomic E-state index is 13.5. The van der Waals surface area contributed by atoms with Crippen LogP contribution in [0, 0.1) is 23.3 Å². The van der Waals surface area contributed by atoms with Crippen molar-refractivity contribution in [3.8, 4) is 45.0 Å². The van der Waals surface area contributed by atoms with E-state index in [1.807, 2.05) is 61.8 Å². The molecule has 0 bridgehead atoms. The maximum atomic E-state index is 13.5. The molecule has 3 aliphatic carbocycles. The van der Waals surface area contributed by atoms with Crippen molar-refractivity contribution >= 4 is 69.8 Å². The molecule has 8 N–H and O–H groups in total. The number of hydrogen-bond donors (Lipinski definition) is 4. The molecule has 4 atom stereocenters. The minimum Gasteiger partial charge on any atom is -0.335 e. The van der Waals surface area contributed by atoms with Gasteiger partial charge < -0.3 is 62.1 Å². The molecule has 19 rings (SSSR count). The molecule has 12 heterocycles. The van der Waals surface area contributed by atoms with Crippen molar-refractivity contribution in [2.24, 2.45) is 22.9 Å². The molecule has 7 aliphatic rings. The van der Waals surface area contributed by atoms with Crippen LogP contribution in [0.15, 0.2) is 146 Å². The van der Waals surface area contributed by atoms with Gasteiger partial charge in [-0.3, -0.25) is 38.4 Å². The molecule has 12 aromatic rings. The van der Waals surface area contributed by atoms with E-state index in [1.165, 1.54) is 48.5 Å². The summed E-state index contributed by atoms with van der Waals surface area (Å²) in [5.41, 5.74) is 35.2. The zero-order valence-electron chi connectivity index (χ0n) is 82.1. The number of rotatable bonds is 16. The molecular formula is C104H126F4N24O8. The van der Waals surface area contributed by atoms with Crippen LogP contribution in [0.4, 0.5) is 17.6 Å². The van der Waals surface area contributed by atoms with Gasteiger partial charge in [0.05, 0.1) is 69.7 Å². The largest absolute Gasteiger partial charge is 0.335 e. The predicted molar refractivity (Wildman–Crippen MR) is 523 cm³/mol. The highest BCUT2D eigenvalue weighted by atomic mass is 19.1. The van der Waals surface area contributed by atoms with Crippen LogP contribution in [0.2, 0.25) is 0 Å². The van der Waals surface area contributed by atoms with E-state index in [4.69, 9.17) is 22.9 Å². The maximum Gasteiger partial charge on any atom is 0.274 e. The van der Waals surface area contributed by atoms with Crippen molar-refractivity contribution < 1.29 is 55.9 Å². The van der Waals surface area contributed by atoms with Crippen molar-refractivity contribution in [1.29, 1.82) is 0 Å². The third-order valence-electron chi connectivity index (χ3n) is 28.1. The fourth-order valence-corrected chi connectivity index (χ4v) is 19.3. The number of carbonyl (C=O) groups excluding carboxylic acids is 8. The van der Waals surface area contributed by atoms with Gasteiger partial charge in [-0.1, -0.05) is 74.7 Å². The highest BCUT2D eigenvalue weighted by molar-refractivity contribution is 5.97. The summed E-state index contributed by atoms with van der Waals surface area (Å²) in [4.78, 5) is 138.